The number of furan rings is 2. The SMILES string of the molecule is c1ccc(-c2ccc(-c3nc(-c4ccccc4)nc(-c4cc(-c5ccc6c(c5)oc5c(-n7c8ccccc8c8cc(-c9ccccc9)ccc87)cccc56)cc5oc6ccccc6c45)n3)cc2)cc1. The zero-order valence-corrected chi connectivity index (χ0v) is 37.0. The molecule has 69 heavy (non-hydrogen) atoms. The van der Waals surface area contributed by atoms with Crippen LogP contribution in [-0.4, -0.2) is 19.5 Å². The van der Waals surface area contributed by atoms with Gasteiger partial charge in [-0.1, -0.05) is 176 Å². The maximum absolute atomic E-state index is 7.00. The van der Waals surface area contributed by atoms with Crippen molar-refractivity contribution in [1.82, 2.24) is 19.5 Å². The number of hydrogen-bond acceptors (Lipinski definition) is 5. The lowest BCUT2D eigenvalue weighted by molar-refractivity contribution is 0.666. The summed E-state index contributed by atoms with van der Waals surface area (Å²) in [6.45, 7) is 0. The summed E-state index contributed by atoms with van der Waals surface area (Å²) < 4.78 is 16.0. The molecule has 0 saturated heterocycles. The molecule has 6 heteroatoms. The number of rotatable bonds is 7. The van der Waals surface area contributed by atoms with Crippen molar-refractivity contribution in [2.45, 2.75) is 0 Å². The van der Waals surface area contributed by atoms with Crippen molar-refractivity contribution in [3.63, 3.8) is 0 Å². The minimum absolute atomic E-state index is 0.556. The molecule has 0 aliphatic carbocycles. The van der Waals surface area contributed by atoms with Crippen LogP contribution < -0.4 is 0 Å². The largest absolute Gasteiger partial charge is 0.456 e. The molecule has 14 aromatic rings. The Morgan fingerprint density at radius 1 is 0.290 bits per heavy atom. The molecule has 0 aliphatic heterocycles. The summed E-state index contributed by atoms with van der Waals surface area (Å²) in [4.78, 5) is 15.6. The summed E-state index contributed by atoms with van der Waals surface area (Å²) in [5.74, 6) is 1.73. The van der Waals surface area contributed by atoms with Crippen LogP contribution in [0.4, 0.5) is 0 Å². The van der Waals surface area contributed by atoms with Crippen molar-refractivity contribution in [1.29, 1.82) is 0 Å². The van der Waals surface area contributed by atoms with Crippen molar-refractivity contribution in [3.05, 3.63) is 231 Å². The average molecular weight is 883 g/mol. The Kier molecular flexibility index (Phi) is 8.79. The van der Waals surface area contributed by atoms with E-state index < -0.39 is 0 Å². The first-order valence-electron chi connectivity index (χ1n) is 23.2. The van der Waals surface area contributed by atoms with E-state index in [0.29, 0.717) is 17.5 Å². The van der Waals surface area contributed by atoms with Gasteiger partial charge in [-0.05, 0) is 88.0 Å². The Labute approximate surface area is 396 Å². The number of benzene rings is 10. The fraction of sp³-hybridized carbons (Fsp3) is 0. The topological polar surface area (TPSA) is 69.9 Å². The van der Waals surface area contributed by atoms with Crippen molar-refractivity contribution in [3.8, 4) is 73.2 Å². The normalized spacial score (nSPS) is 11.8. The van der Waals surface area contributed by atoms with Crippen molar-refractivity contribution in [2.75, 3.05) is 0 Å². The number of hydrogen-bond donors (Lipinski definition) is 0. The van der Waals surface area contributed by atoms with Crippen LogP contribution in [0.2, 0.25) is 0 Å². The highest BCUT2D eigenvalue weighted by molar-refractivity contribution is 6.15. The van der Waals surface area contributed by atoms with E-state index in [0.717, 1.165) is 99.5 Å². The molecule has 10 aromatic carbocycles. The molecule has 0 atom stereocenters. The lowest BCUT2D eigenvalue weighted by Gasteiger charge is -2.11. The average Bonchev–Trinajstić information content (AvgIpc) is 4.10. The first kappa shape index (κ1) is 38.8. The van der Waals surface area contributed by atoms with Gasteiger partial charge in [0.05, 0.1) is 16.7 Å². The second kappa shape index (κ2) is 15.6. The summed E-state index contributed by atoms with van der Waals surface area (Å²) >= 11 is 0. The summed E-state index contributed by atoms with van der Waals surface area (Å²) in [5.41, 5.74) is 15.6. The van der Waals surface area contributed by atoms with Crippen LogP contribution in [0.1, 0.15) is 0 Å². The van der Waals surface area contributed by atoms with Gasteiger partial charge >= 0.3 is 0 Å². The highest BCUT2D eigenvalue weighted by atomic mass is 16.3. The van der Waals surface area contributed by atoms with Crippen LogP contribution >= 0.6 is 0 Å². The Bertz CT molecular complexity index is 4290. The third kappa shape index (κ3) is 6.45. The molecule has 0 saturated carbocycles. The van der Waals surface area contributed by atoms with E-state index in [4.69, 9.17) is 23.8 Å². The molecular formula is C63H38N4O2. The molecule has 0 fully saturated rings. The van der Waals surface area contributed by atoms with E-state index in [2.05, 4.69) is 180 Å². The Hall–Kier alpha value is -9.39. The van der Waals surface area contributed by atoms with Gasteiger partial charge in [0.25, 0.3) is 0 Å². The quantitative estimate of drug-likeness (QED) is 0.159. The van der Waals surface area contributed by atoms with Crippen LogP contribution in [0, 0.1) is 0 Å². The third-order valence-electron chi connectivity index (χ3n) is 13.5. The summed E-state index contributed by atoms with van der Waals surface area (Å²) in [6, 6.07) is 80.3. The zero-order chi connectivity index (χ0) is 45.4. The number of aromatic nitrogens is 4. The van der Waals surface area contributed by atoms with Gasteiger partial charge in [0, 0.05) is 49.0 Å². The van der Waals surface area contributed by atoms with Gasteiger partial charge in [0.1, 0.15) is 16.7 Å². The van der Waals surface area contributed by atoms with E-state index in [-0.39, 0.29) is 0 Å². The maximum atomic E-state index is 7.00. The van der Waals surface area contributed by atoms with Crippen LogP contribution in [0.5, 0.6) is 0 Å². The smallest absolute Gasteiger partial charge is 0.164 e. The maximum Gasteiger partial charge on any atom is 0.164 e. The van der Waals surface area contributed by atoms with E-state index in [1.54, 1.807) is 0 Å². The molecule has 4 aromatic heterocycles. The molecule has 0 N–H and O–H groups in total. The highest BCUT2D eigenvalue weighted by Crippen LogP contribution is 2.43. The molecule has 0 bridgehead atoms. The second-order valence-corrected chi connectivity index (χ2v) is 17.5. The number of nitrogens with zero attached hydrogens (tertiary/aromatic N) is 4. The lowest BCUT2D eigenvalue weighted by Crippen LogP contribution is -2.00. The van der Waals surface area contributed by atoms with Gasteiger partial charge in [-0.15, -0.1) is 0 Å². The van der Waals surface area contributed by atoms with Gasteiger partial charge in [-0.2, -0.15) is 0 Å². The Morgan fingerprint density at radius 3 is 1.59 bits per heavy atom. The molecule has 0 unspecified atom stereocenters. The van der Waals surface area contributed by atoms with Crippen molar-refractivity contribution < 1.29 is 8.83 Å². The third-order valence-corrected chi connectivity index (χ3v) is 13.5. The molecule has 0 amide bonds. The predicted molar refractivity (Wildman–Crippen MR) is 281 cm³/mol. The van der Waals surface area contributed by atoms with E-state index in [9.17, 15) is 0 Å². The van der Waals surface area contributed by atoms with Gasteiger partial charge in [-0.25, -0.2) is 15.0 Å². The van der Waals surface area contributed by atoms with Gasteiger partial charge in [-0.3, -0.25) is 0 Å². The van der Waals surface area contributed by atoms with Crippen LogP contribution in [-0.2, 0) is 0 Å². The predicted octanol–water partition coefficient (Wildman–Crippen LogP) is 16.8. The first-order valence-corrected chi connectivity index (χ1v) is 23.2. The van der Waals surface area contributed by atoms with E-state index >= 15 is 0 Å². The second-order valence-electron chi connectivity index (χ2n) is 17.5. The van der Waals surface area contributed by atoms with Gasteiger partial charge in [0.2, 0.25) is 0 Å². The van der Waals surface area contributed by atoms with Crippen LogP contribution in [0.25, 0.3) is 139 Å². The van der Waals surface area contributed by atoms with Crippen LogP contribution in [0.15, 0.2) is 239 Å². The molecule has 14 rings (SSSR count). The summed E-state index contributed by atoms with van der Waals surface area (Å²) in [7, 11) is 0. The lowest BCUT2D eigenvalue weighted by atomic mass is 9.97. The first-order chi connectivity index (χ1) is 34.2. The Morgan fingerprint density at radius 2 is 0.826 bits per heavy atom. The monoisotopic (exact) mass is 882 g/mol. The molecular weight excluding hydrogens is 845 g/mol. The summed E-state index contributed by atoms with van der Waals surface area (Å²) in [6.07, 6.45) is 0. The molecule has 0 spiro atoms. The van der Waals surface area contributed by atoms with Gasteiger partial charge in [0.15, 0.2) is 23.1 Å². The van der Waals surface area contributed by atoms with E-state index in [1.165, 1.54) is 21.9 Å². The fourth-order valence-corrected chi connectivity index (χ4v) is 10.2. The summed E-state index contributed by atoms with van der Waals surface area (Å²) in [5, 5.41) is 6.42. The standard InChI is InChI=1S/C63H38N4O2/c1-4-15-39(16-5-1)41-27-29-43(30-28-41)62-64-61(42-19-8-3-9-20-42)65-63(66-62)52-36-46(38-58-59(52)50-22-11-13-26-56(50)68-58)45-31-33-48-49-23-14-25-55(60(49)69-57(48)37-45)67-53-24-12-10-21-47(53)51-35-44(32-34-54(51)67)40-17-6-2-7-18-40/h1-38H. The zero-order valence-electron chi connectivity index (χ0n) is 37.0. The Balaban J connectivity index is 0.934. The minimum Gasteiger partial charge on any atom is -0.456 e. The van der Waals surface area contributed by atoms with Crippen molar-refractivity contribution >= 4 is 65.7 Å². The number of para-hydroxylation sites is 3. The molecule has 322 valence electrons. The number of fused-ring (bicyclic) bond motifs is 9. The minimum atomic E-state index is 0.556. The van der Waals surface area contributed by atoms with Gasteiger partial charge < -0.3 is 13.4 Å². The molecule has 6 nitrogen and oxygen atoms in total. The highest BCUT2D eigenvalue weighted by Gasteiger charge is 2.22. The van der Waals surface area contributed by atoms with Crippen LogP contribution in [0.3, 0.4) is 0 Å². The molecule has 0 aliphatic rings. The fourth-order valence-electron chi connectivity index (χ4n) is 10.2. The molecule has 0 radical (unpaired) electrons. The van der Waals surface area contributed by atoms with Crippen molar-refractivity contribution in [2.24, 2.45) is 0 Å². The van der Waals surface area contributed by atoms with E-state index in [1.807, 2.05) is 54.6 Å². The molecule has 4 heterocycles.